The van der Waals surface area contributed by atoms with Crippen molar-refractivity contribution in [3.05, 3.63) is 0 Å². The van der Waals surface area contributed by atoms with Crippen LogP contribution < -0.4 is 21.3 Å². The fourth-order valence-corrected chi connectivity index (χ4v) is 3.12. The van der Waals surface area contributed by atoms with Gasteiger partial charge in [-0.05, 0) is 37.6 Å². The predicted octanol–water partition coefficient (Wildman–Crippen LogP) is -1.03. The lowest BCUT2D eigenvalue weighted by Gasteiger charge is -2.26. The van der Waals surface area contributed by atoms with Crippen molar-refractivity contribution in [2.75, 3.05) is 13.2 Å². The average Bonchev–Trinajstić information content (AvgIpc) is 3.17. The van der Waals surface area contributed by atoms with Crippen LogP contribution in [0.5, 0.6) is 0 Å². The van der Waals surface area contributed by atoms with E-state index >= 15 is 0 Å². The highest BCUT2D eigenvalue weighted by Gasteiger charge is 2.32. The van der Waals surface area contributed by atoms with Crippen molar-refractivity contribution in [2.45, 2.75) is 71.1 Å². The first-order valence-corrected chi connectivity index (χ1v) is 10.0. The molecular weight excluding hydrogens is 380 g/mol. The molecule has 4 unspecified atom stereocenters. The smallest absolute Gasteiger partial charge is 0.326 e. The number of amides is 3. The lowest BCUT2D eigenvalue weighted by molar-refractivity contribution is -0.143. The van der Waals surface area contributed by atoms with Crippen LogP contribution in [0.15, 0.2) is 0 Å². The van der Waals surface area contributed by atoms with Crippen molar-refractivity contribution in [1.82, 2.24) is 21.3 Å². The molecule has 0 spiro atoms. The first-order chi connectivity index (χ1) is 13.6. The summed E-state index contributed by atoms with van der Waals surface area (Å²) in [6.07, 6.45) is 1.78. The maximum atomic E-state index is 12.7. The van der Waals surface area contributed by atoms with E-state index in [1.807, 2.05) is 13.8 Å². The summed E-state index contributed by atoms with van der Waals surface area (Å²) < 4.78 is 0. The van der Waals surface area contributed by atoms with E-state index in [2.05, 4.69) is 21.3 Å². The molecule has 1 aliphatic rings. The molecule has 166 valence electrons. The molecular formula is C19H34N4O6. The van der Waals surface area contributed by atoms with Gasteiger partial charge in [0.2, 0.25) is 17.7 Å². The third kappa shape index (κ3) is 7.98. The first-order valence-electron chi connectivity index (χ1n) is 10.0. The van der Waals surface area contributed by atoms with Crippen LogP contribution in [0.2, 0.25) is 0 Å². The van der Waals surface area contributed by atoms with E-state index < -0.39 is 42.5 Å². The number of nitrogens with one attached hydrogen (secondary N) is 4. The van der Waals surface area contributed by atoms with E-state index in [0.29, 0.717) is 6.42 Å². The number of carboxylic acids is 1. The Balaban J connectivity index is 2.75. The first kappa shape index (κ1) is 24.8. The third-order valence-corrected chi connectivity index (χ3v) is 4.76. The maximum Gasteiger partial charge on any atom is 0.326 e. The second kappa shape index (κ2) is 11.7. The van der Waals surface area contributed by atoms with Crippen LogP contribution in [0.4, 0.5) is 0 Å². The Bertz CT molecular complexity index is 589. The number of carboxylic acid groups (broad SMARTS) is 1. The minimum atomic E-state index is -1.32. The van der Waals surface area contributed by atoms with Crippen molar-refractivity contribution in [3.8, 4) is 0 Å². The standard InChI is InChI=1S/C19H34N4O6/c1-10(2)8-13(19(28)29)21-17(26)14(9-24)22-18(27)15(11(3)4)23-16(25)12-6-5-7-20-12/h10-15,20,24H,5-9H2,1-4H3,(H,21,26)(H,22,27)(H,23,25)(H,28,29). The molecule has 6 N–H and O–H groups in total. The summed E-state index contributed by atoms with van der Waals surface area (Å²) in [7, 11) is 0. The number of aliphatic hydroxyl groups is 1. The summed E-state index contributed by atoms with van der Waals surface area (Å²) in [4.78, 5) is 48.7. The van der Waals surface area contributed by atoms with Crippen LogP contribution in [0, 0.1) is 11.8 Å². The summed E-state index contributed by atoms with van der Waals surface area (Å²) in [5.41, 5.74) is 0. The molecule has 0 aliphatic carbocycles. The van der Waals surface area contributed by atoms with Gasteiger partial charge >= 0.3 is 5.97 Å². The molecule has 10 heteroatoms. The molecule has 1 heterocycles. The van der Waals surface area contributed by atoms with Gasteiger partial charge in [-0.1, -0.05) is 27.7 Å². The van der Waals surface area contributed by atoms with Gasteiger partial charge in [-0.25, -0.2) is 4.79 Å². The Morgan fingerprint density at radius 2 is 1.62 bits per heavy atom. The van der Waals surface area contributed by atoms with Crippen LogP contribution >= 0.6 is 0 Å². The van der Waals surface area contributed by atoms with Crippen LogP contribution in [0.3, 0.4) is 0 Å². The van der Waals surface area contributed by atoms with Crippen molar-refractivity contribution >= 4 is 23.7 Å². The Morgan fingerprint density at radius 1 is 1.00 bits per heavy atom. The number of aliphatic hydroxyl groups excluding tert-OH is 1. The maximum absolute atomic E-state index is 12.7. The van der Waals surface area contributed by atoms with E-state index in [1.54, 1.807) is 13.8 Å². The molecule has 1 fully saturated rings. The van der Waals surface area contributed by atoms with Gasteiger partial charge in [-0.2, -0.15) is 0 Å². The highest BCUT2D eigenvalue weighted by atomic mass is 16.4. The summed E-state index contributed by atoms with van der Waals surface area (Å²) >= 11 is 0. The normalized spacial score (nSPS) is 19.5. The molecule has 0 aromatic rings. The van der Waals surface area contributed by atoms with Gasteiger partial charge in [0, 0.05) is 0 Å². The molecule has 29 heavy (non-hydrogen) atoms. The fraction of sp³-hybridized carbons (Fsp3) is 0.789. The molecule has 1 saturated heterocycles. The zero-order chi connectivity index (χ0) is 22.1. The SMILES string of the molecule is CC(C)CC(NC(=O)C(CO)NC(=O)C(NC(=O)C1CCCN1)C(C)C)C(=O)O. The molecule has 1 rings (SSSR count). The minimum absolute atomic E-state index is 0.0308. The highest BCUT2D eigenvalue weighted by molar-refractivity contribution is 5.94. The second-order valence-electron chi connectivity index (χ2n) is 8.15. The van der Waals surface area contributed by atoms with Crippen LogP contribution in [0.25, 0.3) is 0 Å². The molecule has 10 nitrogen and oxygen atoms in total. The average molecular weight is 415 g/mol. The predicted molar refractivity (Wildman–Crippen MR) is 106 cm³/mol. The van der Waals surface area contributed by atoms with Crippen molar-refractivity contribution < 1.29 is 29.4 Å². The van der Waals surface area contributed by atoms with Crippen molar-refractivity contribution in [3.63, 3.8) is 0 Å². The van der Waals surface area contributed by atoms with Gasteiger partial charge in [0.15, 0.2) is 0 Å². The third-order valence-electron chi connectivity index (χ3n) is 4.76. The number of carbonyl (C=O) groups is 4. The molecule has 0 bridgehead atoms. The summed E-state index contributed by atoms with van der Waals surface area (Å²) in [6.45, 7) is 7.19. The Morgan fingerprint density at radius 3 is 2.07 bits per heavy atom. The quantitative estimate of drug-likeness (QED) is 0.252. The monoisotopic (exact) mass is 414 g/mol. The molecule has 0 radical (unpaired) electrons. The largest absolute Gasteiger partial charge is 0.480 e. The number of hydrogen-bond donors (Lipinski definition) is 6. The van der Waals surface area contributed by atoms with Gasteiger partial charge < -0.3 is 31.5 Å². The lowest BCUT2D eigenvalue weighted by Crippen LogP contribution is -2.59. The van der Waals surface area contributed by atoms with Crippen LogP contribution in [-0.2, 0) is 19.2 Å². The Hall–Kier alpha value is -2.20. The highest BCUT2D eigenvalue weighted by Crippen LogP contribution is 2.09. The van der Waals surface area contributed by atoms with Gasteiger partial charge in [0.1, 0.15) is 18.1 Å². The van der Waals surface area contributed by atoms with Gasteiger partial charge in [0.05, 0.1) is 12.6 Å². The Labute approximate surface area is 171 Å². The van der Waals surface area contributed by atoms with E-state index in [9.17, 15) is 29.4 Å². The molecule has 0 aromatic carbocycles. The number of rotatable bonds is 11. The zero-order valence-electron chi connectivity index (χ0n) is 17.5. The van der Waals surface area contributed by atoms with E-state index in [1.165, 1.54) is 0 Å². The summed E-state index contributed by atoms with van der Waals surface area (Å²) in [5, 5.41) is 29.3. The van der Waals surface area contributed by atoms with Crippen LogP contribution in [0.1, 0.15) is 47.0 Å². The molecule has 0 saturated carbocycles. The second-order valence-corrected chi connectivity index (χ2v) is 8.15. The molecule has 4 atom stereocenters. The molecule has 1 aliphatic heterocycles. The number of hydrogen-bond acceptors (Lipinski definition) is 6. The van der Waals surface area contributed by atoms with Gasteiger partial charge in [-0.15, -0.1) is 0 Å². The zero-order valence-corrected chi connectivity index (χ0v) is 17.5. The van der Waals surface area contributed by atoms with E-state index in [4.69, 9.17) is 0 Å². The summed E-state index contributed by atoms with van der Waals surface area (Å²) in [6, 6.07) is -3.69. The molecule has 3 amide bonds. The van der Waals surface area contributed by atoms with Crippen molar-refractivity contribution in [1.29, 1.82) is 0 Å². The van der Waals surface area contributed by atoms with Gasteiger partial charge in [0.25, 0.3) is 0 Å². The van der Waals surface area contributed by atoms with Crippen LogP contribution in [-0.4, -0.2) is 71.2 Å². The van der Waals surface area contributed by atoms with E-state index in [-0.39, 0.29) is 30.2 Å². The van der Waals surface area contributed by atoms with E-state index in [0.717, 1.165) is 13.0 Å². The number of carbonyl (C=O) groups excluding carboxylic acids is 3. The number of aliphatic carboxylic acids is 1. The van der Waals surface area contributed by atoms with Crippen molar-refractivity contribution in [2.24, 2.45) is 11.8 Å². The Kier molecular flexibility index (Phi) is 10.0. The summed E-state index contributed by atoms with van der Waals surface area (Å²) in [5.74, 6) is -3.11. The minimum Gasteiger partial charge on any atom is -0.480 e. The van der Waals surface area contributed by atoms with Gasteiger partial charge in [-0.3, -0.25) is 14.4 Å². The topological polar surface area (TPSA) is 157 Å². The fourth-order valence-electron chi connectivity index (χ4n) is 3.12. The lowest BCUT2D eigenvalue weighted by atomic mass is 10.0. The molecule has 0 aromatic heterocycles.